The molecule has 0 amide bonds. The summed E-state index contributed by atoms with van der Waals surface area (Å²) < 4.78 is 32.1. The number of nitrogens with zero attached hydrogens (tertiary/aromatic N) is 2. The highest BCUT2D eigenvalue weighted by atomic mass is 32.2. The van der Waals surface area contributed by atoms with Gasteiger partial charge >= 0.3 is 5.97 Å². The fraction of sp³-hybridized carbons (Fsp3) is 0.333. The lowest BCUT2D eigenvalue weighted by atomic mass is 10.1. The third-order valence-corrected chi connectivity index (χ3v) is 6.27. The Morgan fingerprint density at radius 1 is 1.24 bits per heavy atom. The van der Waals surface area contributed by atoms with Crippen molar-refractivity contribution >= 4 is 27.5 Å². The molecule has 0 radical (unpaired) electrons. The second kappa shape index (κ2) is 7.87. The van der Waals surface area contributed by atoms with Crippen LogP contribution in [0.15, 0.2) is 36.9 Å². The number of sulfonamides is 1. The zero-order chi connectivity index (χ0) is 21.3. The summed E-state index contributed by atoms with van der Waals surface area (Å²) in [5.41, 5.74) is 3.91. The van der Waals surface area contributed by atoms with Crippen LogP contribution in [0.3, 0.4) is 0 Å². The number of hydrogen-bond donors (Lipinski definition) is 0. The lowest BCUT2D eigenvalue weighted by molar-refractivity contribution is 0.0474. The van der Waals surface area contributed by atoms with Crippen molar-refractivity contribution in [2.75, 3.05) is 23.7 Å². The van der Waals surface area contributed by atoms with Crippen LogP contribution in [0.5, 0.6) is 0 Å². The first-order valence-electron chi connectivity index (χ1n) is 9.22. The molecule has 29 heavy (non-hydrogen) atoms. The molecule has 2 heterocycles. The highest BCUT2D eigenvalue weighted by Crippen LogP contribution is 2.30. The van der Waals surface area contributed by atoms with Gasteiger partial charge in [-0.3, -0.25) is 9.10 Å². The highest BCUT2D eigenvalue weighted by molar-refractivity contribution is 7.92. The molecule has 7 nitrogen and oxygen atoms in total. The second-order valence-corrected chi connectivity index (χ2v) is 9.02. The van der Waals surface area contributed by atoms with Gasteiger partial charge in [0.1, 0.15) is 0 Å². The van der Waals surface area contributed by atoms with E-state index in [0.29, 0.717) is 36.3 Å². The number of carbonyl (C=O) groups excluding carboxylic acids is 2. The molecule has 154 valence electrons. The van der Waals surface area contributed by atoms with Gasteiger partial charge in [0, 0.05) is 30.0 Å². The number of ether oxygens (including phenoxy) is 1. The first-order chi connectivity index (χ1) is 13.6. The predicted octanol–water partition coefficient (Wildman–Crippen LogP) is 2.65. The van der Waals surface area contributed by atoms with Crippen molar-refractivity contribution in [1.82, 2.24) is 4.57 Å². The number of anilines is 1. The molecule has 1 aromatic heterocycles. The number of Topliss-reactive ketones (excluding diaryl/α,β-unsaturated/α-hetero) is 1. The summed E-state index contributed by atoms with van der Waals surface area (Å²) in [5, 5.41) is 0. The molecule has 0 N–H and O–H groups in total. The fourth-order valence-corrected chi connectivity index (χ4v) is 4.59. The summed E-state index contributed by atoms with van der Waals surface area (Å²) in [5.74, 6) is -0.884. The molecule has 0 bridgehead atoms. The molecule has 0 saturated heterocycles. The Morgan fingerprint density at radius 2 is 1.97 bits per heavy atom. The van der Waals surface area contributed by atoms with Gasteiger partial charge in [0.05, 0.1) is 17.5 Å². The van der Waals surface area contributed by atoms with E-state index >= 15 is 0 Å². The van der Waals surface area contributed by atoms with Gasteiger partial charge in [-0.25, -0.2) is 13.2 Å². The number of allylic oxidation sites excluding steroid dienone is 1. The minimum Gasteiger partial charge on any atom is -0.454 e. The summed E-state index contributed by atoms with van der Waals surface area (Å²) in [7, 11) is -3.35. The minimum absolute atomic E-state index is 0.272. The number of benzene rings is 1. The largest absolute Gasteiger partial charge is 0.454 e. The average molecular weight is 416 g/mol. The zero-order valence-electron chi connectivity index (χ0n) is 16.8. The quantitative estimate of drug-likeness (QED) is 0.394. The van der Waals surface area contributed by atoms with Gasteiger partial charge in [-0.05, 0) is 50.1 Å². The molecular formula is C21H24N2O5S. The van der Waals surface area contributed by atoms with Crippen LogP contribution in [0.25, 0.3) is 0 Å². The Labute approximate surface area is 170 Å². The van der Waals surface area contributed by atoms with Gasteiger partial charge in [0.15, 0.2) is 6.61 Å². The summed E-state index contributed by atoms with van der Waals surface area (Å²) >= 11 is 0. The van der Waals surface area contributed by atoms with E-state index in [2.05, 4.69) is 6.58 Å². The third-order valence-electron chi connectivity index (χ3n) is 5.09. The number of aryl methyl sites for hydroxylation is 1. The van der Waals surface area contributed by atoms with Gasteiger partial charge in [0.2, 0.25) is 15.8 Å². The molecule has 3 rings (SSSR count). The van der Waals surface area contributed by atoms with Gasteiger partial charge in [0.25, 0.3) is 0 Å². The standard InChI is InChI=1S/C21H24N2O5S/c1-5-9-22-14(2)11-18(15(22)3)20(24)13-28-21(25)17-6-7-19-16(12-17)8-10-23(19)29(4,26)27/h5-7,11-12H,1,8-10,13H2,2-4H3. The molecule has 0 spiro atoms. The normalized spacial score (nSPS) is 13.3. The fourth-order valence-electron chi connectivity index (χ4n) is 3.63. The first-order valence-corrected chi connectivity index (χ1v) is 11.1. The van der Waals surface area contributed by atoms with E-state index in [1.54, 1.807) is 24.3 Å². The number of hydrogen-bond acceptors (Lipinski definition) is 5. The Hall–Kier alpha value is -2.87. The topological polar surface area (TPSA) is 85.7 Å². The molecule has 0 saturated carbocycles. The molecular weight excluding hydrogens is 392 g/mol. The van der Waals surface area contributed by atoms with E-state index in [0.717, 1.165) is 23.2 Å². The van der Waals surface area contributed by atoms with E-state index in [1.807, 2.05) is 18.4 Å². The second-order valence-electron chi connectivity index (χ2n) is 7.11. The lowest BCUT2D eigenvalue weighted by Crippen LogP contribution is -2.27. The van der Waals surface area contributed by atoms with Crippen molar-refractivity contribution in [2.45, 2.75) is 26.8 Å². The summed E-state index contributed by atoms with van der Waals surface area (Å²) in [6.07, 6.45) is 3.44. The maximum Gasteiger partial charge on any atom is 0.338 e. The molecule has 2 aromatic rings. The van der Waals surface area contributed by atoms with Crippen molar-refractivity contribution in [3.8, 4) is 0 Å². The number of fused-ring (bicyclic) bond motifs is 1. The van der Waals surface area contributed by atoms with Crippen molar-refractivity contribution in [2.24, 2.45) is 0 Å². The van der Waals surface area contributed by atoms with Crippen LogP contribution < -0.4 is 4.31 Å². The van der Waals surface area contributed by atoms with Gasteiger partial charge in [-0.2, -0.15) is 0 Å². The number of rotatable bonds is 7. The predicted molar refractivity (Wildman–Crippen MR) is 111 cm³/mol. The number of aromatic nitrogens is 1. The van der Waals surface area contributed by atoms with Crippen LogP contribution in [0.2, 0.25) is 0 Å². The molecule has 1 aliphatic rings. The Kier molecular flexibility index (Phi) is 5.66. The van der Waals surface area contributed by atoms with Crippen LogP contribution >= 0.6 is 0 Å². The van der Waals surface area contributed by atoms with Gasteiger partial charge in [-0.15, -0.1) is 6.58 Å². The zero-order valence-corrected chi connectivity index (χ0v) is 17.6. The number of carbonyl (C=O) groups is 2. The lowest BCUT2D eigenvalue weighted by Gasteiger charge is -2.16. The maximum absolute atomic E-state index is 12.5. The maximum atomic E-state index is 12.5. The third kappa shape index (κ3) is 4.12. The van der Waals surface area contributed by atoms with Gasteiger partial charge < -0.3 is 9.30 Å². The molecule has 0 fully saturated rings. The average Bonchev–Trinajstić information content (AvgIpc) is 3.21. The van der Waals surface area contributed by atoms with Crippen LogP contribution in [-0.4, -0.2) is 44.1 Å². The summed E-state index contributed by atoms with van der Waals surface area (Å²) in [6, 6.07) is 6.53. The molecule has 8 heteroatoms. The SMILES string of the molecule is C=CCn1c(C)cc(C(=O)COC(=O)c2ccc3c(c2)CCN3S(C)(=O)=O)c1C. The van der Waals surface area contributed by atoms with Crippen LogP contribution in [0.1, 0.15) is 37.7 Å². The number of esters is 1. The van der Waals surface area contributed by atoms with E-state index < -0.39 is 16.0 Å². The van der Waals surface area contributed by atoms with Crippen molar-refractivity contribution < 1.29 is 22.7 Å². The van der Waals surface area contributed by atoms with Crippen molar-refractivity contribution in [3.05, 3.63) is 65.0 Å². The van der Waals surface area contributed by atoms with Crippen LogP contribution in [-0.2, 0) is 27.7 Å². The first kappa shape index (κ1) is 20.9. The van der Waals surface area contributed by atoms with Crippen LogP contribution in [0, 0.1) is 13.8 Å². The monoisotopic (exact) mass is 416 g/mol. The Bertz CT molecular complexity index is 1100. The molecule has 0 unspecified atom stereocenters. The van der Waals surface area contributed by atoms with Crippen molar-refractivity contribution in [3.63, 3.8) is 0 Å². The summed E-state index contributed by atoms with van der Waals surface area (Å²) in [4.78, 5) is 24.9. The van der Waals surface area contributed by atoms with Crippen molar-refractivity contribution in [1.29, 1.82) is 0 Å². The Balaban J connectivity index is 1.70. The van der Waals surface area contributed by atoms with E-state index in [4.69, 9.17) is 4.74 Å². The Morgan fingerprint density at radius 3 is 2.62 bits per heavy atom. The smallest absolute Gasteiger partial charge is 0.338 e. The number of ketones is 1. The van der Waals surface area contributed by atoms with Gasteiger partial charge in [-0.1, -0.05) is 6.08 Å². The van der Waals surface area contributed by atoms with E-state index in [1.165, 1.54) is 10.4 Å². The minimum atomic E-state index is -3.35. The summed E-state index contributed by atoms with van der Waals surface area (Å²) in [6.45, 7) is 8.07. The molecule has 0 aliphatic carbocycles. The van der Waals surface area contributed by atoms with E-state index in [-0.39, 0.29) is 12.4 Å². The van der Waals surface area contributed by atoms with E-state index in [9.17, 15) is 18.0 Å². The van der Waals surface area contributed by atoms with Crippen LogP contribution in [0.4, 0.5) is 5.69 Å². The molecule has 1 aromatic carbocycles. The highest BCUT2D eigenvalue weighted by Gasteiger charge is 2.27. The molecule has 1 aliphatic heterocycles. The molecule has 0 atom stereocenters.